The van der Waals surface area contributed by atoms with Gasteiger partial charge in [-0.3, -0.25) is 14.7 Å². The molecular formula is C22H29N7O5S. The topological polar surface area (TPSA) is 159 Å². The van der Waals surface area contributed by atoms with Crippen molar-refractivity contribution in [2.75, 3.05) is 25.0 Å². The van der Waals surface area contributed by atoms with Gasteiger partial charge in [-0.25, -0.2) is 13.4 Å². The molecule has 0 radical (unpaired) electrons. The van der Waals surface area contributed by atoms with Gasteiger partial charge in [0, 0.05) is 25.7 Å². The van der Waals surface area contributed by atoms with Crippen molar-refractivity contribution in [1.82, 2.24) is 14.5 Å². The first-order chi connectivity index (χ1) is 16.7. The summed E-state index contributed by atoms with van der Waals surface area (Å²) in [5.74, 6) is -0.464. The minimum absolute atomic E-state index is 0.0220. The zero-order valence-electron chi connectivity index (χ0n) is 19.9. The Morgan fingerprint density at radius 1 is 1.11 bits per heavy atom. The first kappa shape index (κ1) is 26.2. The number of anilines is 1. The van der Waals surface area contributed by atoms with Gasteiger partial charge in [0.2, 0.25) is 15.9 Å². The summed E-state index contributed by atoms with van der Waals surface area (Å²) in [6.45, 7) is 6.00. The first-order valence-electron chi connectivity index (χ1n) is 11.3. The van der Waals surface area contributed by atoms with Crippen LogP contribution in [0.3, 0.4) is 0 Å². The summed E-state index contributed by atoms with van der Waals surface area (Å²) in [7, 11) is -3.55. The number of benzene rings is 1. The Morgan fingerprint density at radius 2 is 1.80 bits per heavy atom. The van der Waals surface area contributed by atoms with Crippen LogP contribution in [0.25, 0.3) is 0 Å². The summed E-state index contributed by atoms with van der Waals surface area (Å²) in [4.78, 5) is 27.8. The molecule has 1 aromatic carbocycles. The van der Waals surface area contributed by atoms with E-state index in [1.54, 1.807) is 26.0 Å². The van der Waals surface area contributed by atoms with Crippen LogP contribution in [0, 0.1) is 0 Å². The number of aromatic amines is 1. The molecule has 0 saturated carbocycles. The van der Waals surface area contributed by atoms with E-state index in [-0.39, 0.29) is 41.2 Å². The molecule has 1 aliphatic rings. The Balaban J connectivity index is 1.83. The molecule has 0 bridgehead atoms. The summed E-state index contributed by atoms with van der Waals surface area (Å²) in [6, 6.07) is 6.08. The second-order valence-electron chi connectivity index (χ2n) is 7.94. The summed E-state index contributed by atoms with van der Waals surface area (Å²) in [5.41, 5.74) is 1.01. The second-order valence-corrected chi connectivity index (χ2v) is 9.88. The van der Waals surface area contributed by atoms with Crippen molar-refractivity contribution in [1.29, 1.82) is 0 Å². The molecule has 2 aromatic rings. The average molecular weight is 504 g/mol. The van der Waals surface area contributed by atoms with E-state index < -0.39 is 16.0 Å². The van der Waals surface area contributed by atoms with Crippen LogP contribution in [0.5, 0.6) is 0 Å². The predicted octanol–water partition coefficient (Wildman–Crippen LogP) is 4.00. The number of esters is 1. The second kappa shape index (κ2) is 11.8. The minimum Gasteiger partial charge on any atom is -0.466 e. The minimum atomic E-state index is -3.55. The maximum absolute atomic E-state index is 12.8. The molecule has 0 spiro atoms. The monoisotopic (exact) mass is 503 g/mol. The van der Waals surface area contributed by atoms with Crippen LogP contribution in [0.4, 0.5) is 23.0 Å². The molecule has 13 heteroatoms. The van der Waals surface area contributed by atoms with Crippen molar-refractivity contribution >= 4 is 50.6 Å². The number of piperidine rings is 1. The molecule has 35 heavy (non-hydrogen) atoms. The highest BCUT2D eigenvalue weighted by Crippen LogP contribution is 2.35. The number of hydrogen-bond donors (Lipinski definition) is 2. The van der Waals surface area contributed by atoms with Crippen molar-refractivity contribution in [3.8, 4) is 0 Å². The lowest BCUT2D eigenvalue weighted by Gasteiger charge is -2.25. The highest BCUT2D eigenvalue weighted by molar-refractivity contribution is 7.89. The number of amides is 1. The highest BCUT2D eigenvalue weighted by Gasteiger charge is 2.25. The number of carbonyl (C=O) groups is 2. The van der Waals surface area contributed by atoms with Gasteiger partial charge in [0.1, 0.15) is 0 Å². The maximum atomic E-state index is 12.8. The summed E-state index contributed by atoms with van der Waals surface area (Å²) < 4.78 is 32.1. The molecule has 188 valence electrons. The fourth-order valence-electron chi connectivity index (χ4n) is 3.45. The number of hydrogen-bond acceptors (Lipinski definition) is 9. The molecule has 2 N–H and O–H groups in total. The third kappa shape index (κ3) is 7.02. The molecule has 1 aliphatic heterocycles. The largest absolute Gasteiger partial charge is 0.466 e. The summed E-state index contributed by atoms with van der Waals surface area (Å²) >= 11 is 0. The fraction of sp³-hybridized carbons (Fsp3) is 0.455. The molecule has 3 rings (SSSR count). The Hall–Kier alpha value is -3.45. The van der Waals surface area contributed by atoms with E-state index in [0.29, 0.717) is 24.5 Å². The number of aromatic nitrogens is 2. The molecule has 0 unspecified atom stereocenters. The smallest absolute Gasteiger partial charge is 0.311 e. The maximum Gasteiger partial charge on any atom is 0.311 e. The Kier molecular flexibility index (Phi) is 8.82. The van der Waals surface area contributed by atoms with Gasteiger partial charge in [0.15, 0.2) is 17.3 Å². The summed E-state index contributed by atoms with van der Waals surface area (Å²) in [6.07, 6.45) is 2.73. The highest BCUT2D eigenvalue weighted by atomic mass is 32.2. The van der Waals surface area contributed by atoms with Crippen molar-refractivity contribution in [3.63, 3.8) is 0 Å². The number of H-pyrrole nitrogens is 1. The first-order valence-corrected chi connectivity index (χ1v) is 12.7. The zero-order valence-corrected chi connectivity index (χ0v) is 20.8. The van der Waals surface area contributed by atoms with Crippen molar-refractivity contribution in [2.45, 2.75) is 51.3 Å². The predicted molar refractivity (Wildman–Crippen MR) is 130 cm³/mol. The van der Waals surface area contributed by atoms with Gasteiger partial charge in [-0.15, -0.1) is 5.11 Å². The SMILES string of the molecule is CCOC(=O)C/C(C)=N\c1[nH]nc(NC(C)=O)c1N=Nc1ccc(S(=O)(=O)N2CCCCC2)cc1. The molecular weight excluding hydrogens is 474 g/mol. The number of nitrogens with one attached hydrogen (secondary N) is 2. The van der Waals surface area contributed by atoms with Gasteiger partial charge in [-0.05, 0) is 51.0 Å². The van der Waals surface area contributed by atoms with Crippen molar-refractivity contribution in [3.05, 3.63) is 24.3 Å². The van der Waals surface area contributed by atoms with Crippen molar-refractivity contribution < 1.29 is 22.7 Å². The molecule has 2 heterocycles. The third-order valence-electron chi connectivity index (χ3n) is 5.08. The van der Waals surface area contributed by atoms with Crippen LogP contribution < -0.4 is 5.32 Å². The van der Waals surface area contributed by atoms with E-state index in [0.717, 1.165) is 19.3 Å². The third-order valence-corrected chi connectivity index (χ3v) is 6.99. The van der Waals surface area contributed by atoms with E-state index in [9.17, 15) is 18.0 Å². The molecule has 12 nitrogen and oxygen atoms in total. The van der Waals surface area contributed by atoms with E-state index >= 15 is 0 Å². The average Bonchev–Trinajstić information content (AvgIpc) is 3.18. The van der Waals surface area contributed by atoms with Crippen molar-refractivity contribution in [2.24, 2.45) is 15.2 Å². The summed E-state index contributed by atoms with van der Waals surface area (Å²) in [5, 5.41) is 17.6. The quantitative estimate of drug-likeness (QED) is 0.299. The van der Waals surface area contributed by atoms with Crippen LogP contribution >= 0.6 is 0 Å². The molecule has 1 amide bonds. The van der Waals surface area contributed by atoms with E-state index in [1.807, 2.05) is 0 Å². The molecule has 1 aromatic heterocycles. The lowest BCUT2D eigenvalue weighted by Crippen LogP contribution is -2.35. The lowest BCUT2D eigenvalue weighted by molar-refractivity contribution is -0.141. The van der Waals surface area contributed by atoms with E-state index in [2.05, 4.69) is 30.7 Å². The van der Waals surface area contributed by atoms with Gasteiger partial charge >= 0.3 is 5.97 Å². The molecule has 1 fully saturated rings. The standard InChI is InChI=1S/C22H29N7O5S/c1-4-34-19(31)14-15(2)23-21-20(22(28-27-21)24-16(3)30)26-25-17-8-10-18(11-9-17)35(32,33)29-12-6-5-7-13-29/h8-11H,4-7,12-14H2,1-3H3,(H2,24,27,28,30)/b23-15-,26-25?. The van der Waals surface area contributed by atoms with Gasteiger partial charge < -0.3 is 10.1 Å². The van der Waals surface area contributed by atoms with Gasteiger partial charge in [0.05, 0.1) is 23.6 Å². The Bertz CT molecular complexity index is 1210. The normalized spacial score (nSPS) is 15.3. The van der Waals surface area contributed by atoms with Crippen LogP contribution in [0.15, 0.2) is 44.4 Å². The van der Waals surface area contributed by atoms with Crippen LogP contribution in [0.1, 0.15) is 46.5 Å². The Labute approximate surface area is 203 Å². The van der Waals surface area contributed by atoms with Crippen LogP contribution in [0.2, 0.25) is 0 Å². The van der Waals surface area contributed by atoms with E-state index in [4.69, 9.17) is 4.74 Å². The number of azo groups is 1. The fourth-order valence-corrected chi connectivity index (χ4v) is 4.97. The number of nitrogens with zero attached hydrogens (tertiary/aromatic N) is 5. The number of sulfonamides is 1. The van der Waals surface area contributed by atoms with Crippen LogP contribution in [-0.4, -0.2) is 60.2 Å². The molecule has 0 aliphatic carbocycles. The van der Waals surface area contributed by atoms with Gasteiger partial charge in [0.25, 0.3) is 0 Å². The van der Waals surface area contributed by atoms with Gasteiger partial charge in [-0.1, -0.05) is 6.42 Å². The zero-order chi connectivity index (χ0) is 25.4. The molecule has 1 saturated heterocycles. The lowest BCUT2D eigenvalue weighted by atomic mass is 10.2. The number of ether oxygens (including phenoxy) is 1. The Morgan fingerprint density at radius 3 is 2.43 bits per heavy atom. The van der Waals surface area contributed by atoms with Gasteiger partial charge in [-0.2, -0.15) is 14.5 Å². The number of rotatable bonds is 9. The van der Waals surface area contributed by atoms with E-state index in [1.165, 1.54) is 23.4 Å². The molecule has 0 atom stereocenters. The van der Waals surface area contributed by atoms with Crippen LogP contribution in [-0.2, 0) is 24.3 Å². The number of carbonyl (C=O) groups excluding carboxylic acids is 2. The number of aliphatic imine (C=N–C) groups is 1.